The van der Waals surface area contributed by atoms with E-state index in [-0.39, 0.29) is 5.41 Å². The highest BCUT2D eigenvalue weighted by Crippen LogP contribution is 2.40. The summed E-state index contributed by atoms with van der Waals surface area (Å²) in [6, 6.07) is 7.11. The van der Waals surface area contributed by atoms with Crippen molar-refractivity contribution in [2.24, 2.45) is 5.92 Å². The normalized spacial score (nSPS) is 25.2. The van der Waals surface area contributed by atoms with Crippen LogP contribution < -0.4 is 10.1 Å². The highest BCUT2D eigenvalue weighted by Gasteiger charge is 2.33. The highest BCUT2D eigenvalue weighted by molar-refractivity contribution is 5.46. The van der Waals surface area contributed by atoms with Crippen LogP contribution in [0.2, 0.25) is 0 Å². The van der Waals surface area contributed by atoms with E-state index in [4.69, 9.17) is 9.47 Å². The molecular weight excluding hydrogens is 262 g/mol. The average Bonchev–Trinajstić information content (AvgIpc) is 2.81. The zero-order chi connectivity index (χ0) is 14.9. The lowest BCUT2D eigenvalue weighted by molar-refractivity contribution is 0.0392. The van der Waals surface area contributed by atoms with Crippen LogP contribution in [0.5, 0.6) is 5.75 Å². The minimum atomic E-state index is 0.116. The van der Waals surface area contributed by atoms with Crippen LogP contribution in [0, 0.1) is 5.92 Å². The summed E-state index contributed by atoms with van der Waals surface area (Å²) in [5.74, 6) is 1.63. The Balaban J connectivity index is 1.89. The molecule has 0 saturated carbocycles. The lowest BCUT2D eigenvalue weighted by Crippen LogP contribution is -2.33. The maximum Gasteiger partial charge on any atom is 0.123 e. The summed E-state index contributed by atoms with van der Waals surface area (Å²) >= 11 is 0. The molecule has 1 fully saturated rings. The molecule has 2 atom stereocenters. The molecule has 116 valence electrons. The molecule has 0 bridgehead atoms. The SMILES string of the molecule is CCNC(c1ccc2c(c1)C(C)(C)CO2)C1CCCOC1. The fourth-order valence-corrected chi connectivity index (χ4v) is 3.54. The number of hydrogen-bond donors (Lipinski definition) is 1. The molecule has 3 nitrogen and oxygen atoms in total. The lowest BCUT2D eigenvalue weighted by Gasteiger charge is -2.31. The summed E-state index contributed by atoms with van der Waals surface area (Å²) in [6.45, 7) is 10.2. The molecule has 1 aromatic carbocycles. The molecule has 2 aliphatic rings. The largest absolute Gasteiger partial charge is 0.492 e. The lowest BCUT2D eigenvalue weighted by atomic mass is 9.83. The molecular formula is C18H27NO2. The van der Waals surface area contributed by atoms with E-state index in [9.17, 15) is 0 Å². The second-order valence-electron chi connectivity index (χ2n) is 6.94. The Morgan fingerprint density at radius 2 is 2.24 bits per heavy atom. The van der Waals surface area contributed by atoms with Crippen LogP contribution in [0.4, 0.5) is 0 Å². The molecule has 2 heterocycles. The summed E-state index contributed by atoms with van der Waals surface area (Å²) in [7, 11) is 0. The molecule has 2 aliphatic heterocycles. The number of fused-ring (bicyclic) bond motifs is 1. The summed E-state index contributed by atoms with van der Waals surface area (Å²) in [5, 5.41) is 3.67. The van der Waals surface area contributed by atoms with Crippen molar-refractivity contribution >= 4 is 0 Å². The topological polar surface area (TPSA) is 30.5 Å². The second-order valence-corrected chi connectivity index (χ2v) is 6.94. The molecule has 0 radical (unpaired) electrons. The second kappa shape index (κ2) is 5.98. The maximum atomic E-state index is 5.81. The molecule has 0 amide bonds. The minimum Gasteiger partial charge on any atom is -0.492 e. The van der Waals surface area contributed by atoms with Crippen LogP contribution in [0.25, 0.3) is 0 Å². The monoisotopic (exact) mass is 289 g/mol. The Morgan fingerprint density at radius 1 is 1.38 bits per heavy atom. The van der Waals surface area contributed by atoms with E-state index in [0.29, 0.717) is 12.0 Å². The van der Waals surface area contributed by atoms with Gasteiger partial charge >= 0.3 is 0 Å². The molecule has 0 spiro atoms. The van der Waals surface area contributed by atoms with Gasteiger partial charge in [0.2, 0.25) is 0 Å². The van der Waals surface area contributed by atoms with Gasteiger partial charge in [-0.15, -0.1) is 0 Å². The summed E-state index contributed by atoms with van der Waals surface area (Å²) in [4.78, 5) is 0. The summed E-state index contributed by atoms with van der Waals surface area (Å²) in [6.07, 6.45) is 2.42. The van der Waals surface area contributed by atoms with Gasteiger partial charge < -0.3 is 14.8 Å². The third-order valence-corrected chi connectivity index (χ3v) is 4.77. The molecule has 1 N–H and O–H groups in total. The van der Waals surface area contributed by atoms with Gasteiger partial charge in [0, 0.05) is 29.5 Å². The molecule has 1 aromatic rings. The van der Waals surface area contributed by atoms with Gasteiger partial charge in [0.25, 0.3) is 0 Å². The number of nitrogens with one attached hydrogen (secondary N) is 1. The minimum absolute atomic E-state index is 0.116. The molecule has 0 aromatic heterocycles. The zero-order valence-corrected chi connectivity index (χ0v) is 13.4. The molecule has 21 heavy (non-hydrogen) atoms. The Morgan fingerprint density at radius 3 is 2.95 bits per heavy atom. The van der Waals surface area contributed by atoms with Gasteiger partial charge in [-0.25, -0.2) is 0 Å². The summed E-state index contributed by atoms with van der Waals surface area (Å²) < 4.78 is 11.5. The van der Waals surface area contributed by atoms with Crippen molar-refractivity contribution in [2.75, 3.05) is 26.4 Å². The van der Waals surface area contributed by atoms with E-state index in [1.54, 1.807) is 0 Å². The number of ether oxygens (including phenoxy) is 2. The Kier molecular flexibility index (Phi) is 4.23. The number of hydrogen-bond acceptors (Lipinski definition) is 3. The van der Waals surface area contributed by atoms with E-state index in [0.717, 1.165) is 32.1 Å². The van der Waals surface area contributed by atoms with Crippen LogP contribution >= 0.6 is 0 Å². The van der Waals surface area contributed by atoms with Crippen LogP contribution in [-0.4, -0.2) is 26.4 Å². The van der Waals surface area contributed by atoms with Gasteiger partial charge in [-0.2, -0.15) is 0 Å². The first-order valence-electron chi connectivity index (χ1n) is 8.20. The highest BCUT2D eigenvalue weighted by atomic mass is 16.5. The fourth-order valence-electron chi connectivity index (χ4n) is 3.54. The van der Waals surface area contributed by atoms with Crippen LogP contribution in [0.15, 0.2) is 18.2 Å². The van der Waals surface area contributed by atoms with E-state index in [1.807, 2.05) is 0 Å². The molecule has 2 unspecified atom stereocenters. The average molecular weight is 289 g/mol. The quantitative estimate of drug-likeness (QED) is 0.921. The zero-order valence-electron chi connectivity index (χ0n) is 13.4. The molecule has 1 saturated heterocycles. The van der Waals surface area contributed by atoms with Gasteiger partial charge in [-0.05, 0) is 37.1 Å². The van der Waals surface area contributed by atoms with Crippen molar-refractivity contribution in [1.29, 1.82) is 0 Å². The predicted molar refractivity (Wildman–Crippen MR) is 84.9 cm³/mol. The molecule has 0 aliphatic carbocycles. The predicted octanol–water partition coefficient (Wildman–Crippen LogP) is 3.43. The van der Waals surface area contributed by atoms with E-state index < -0.39 is 0 Å². The van der Waals surface area contributed by atoms with E-state index >= 15 is 0 Å². The van der Waals surface area contributed by atoms with Crippen molar-refractivity contribution in [3.63, 3.8) is 0 Å². The molecule has 3 rings (SSSR count). The number of rotatable bonds is 4. The van der Waals surface area contributed by atoms with Crippen molar-refractivity contribution < 1.29 is 9.47 Å². The van der Waals surface area contributed by atoms with Gasteiger partial charge in [-0.1, -0.05) is 26.8 Å². The fraction of sp³-hybridized carbons (Fsp3) is 0.667. The van der Waals surface area contributed by atoms with Crippen molar-refractivity contribution in [2.45, 2.75) is 45.1 Å². The Bertz CT molecular complexity index is 492. The number of benzene rings is 1. The summed E-state index contributed by atoms with van der Waals surface area (Å²) in [5.41, 5.74) is 2.84. The van der Waals surface area contributed by atoms with Crippen molar-refractivity contribution in [3.05, 3.63) is 29.3 Å². The third kappa shape index (κ3) is 2.95. The van der Waals surface area contributed by atoms with Crippen molar-refractivity contribution in [1.82, 2.24) is 5.32 Å². The smallest absolute Gasteiger partial charge is 0.123 e. The van der Waals surface area contributed by atoms with Crippen LogP contribution in [-0.2, 0) is 10.2 Å². The first kappa shape index (κ1) is 14.9. The van der Waals surface area contributed by atoms with Crippen LogP contribution in [0.1, 0.15) is 50.8 Å². The van der Waals surface area contributed by atoms with Crippen LogP contribution in [0.3, 0.4) is 0 Å². The van der Waals surface area contributed by atoms with Gasteiger partial charge in [0.05, 0.1) is 13.2 Å². The van der Waals surface area contributed by atoms with E-state index in [2.05, 4.69) is 44.3 Å². The van der Waals surface area contributed by atoms with Gasteiger partial charge in [0.15, 0.2) is 0 Å². The molecule has 3 heteroatoms. The maximum absolute atomic E-state index is 5.81. The first-order chi connectivity index (χ1) is 10.1. The Labute approximate surface area is 128 Å². The van der Waals surface area contributed by atoms with E-state index in [1.165, 1.54) is 24.0 Å². The first-order valence-corrected chi connectivity index (χ1v) is 8.20. The standard InChI is InChI=1S/C18H27NO2/c1-4-19-17(14-6-5-9-20-11-14)13-7-8-16-15(10-13)18(2,3)12-21-16/h7-8,10,14,17,19H,4-6,9,11-12H2,1-3H3. The van der Waals surface area contributed by atoms with Gasteiger partial charge in [-0.3, -0.25) is 0 Å². The van der Waals surface area contributed by atoms with Crippen molar-refractivity contribution in [3.8, 4) is 5.75 Å². The van der Waals surface area contributed by atoms with Gasteiger partial charge in [0.1, 0.15) is 5.75 Å². The third-order valence-electron chi connectivity index (χ3n) is 4.77. The Hall–Kier alpha value is -1.06.